The van der Waals surface area contributed by atoms with Gasteiger partial charge in [-0.2, -0.15) is 0 Å². The monoisotopic (exact) mass is 659 g/mol. The zero-order valence-electron chi connectivity index (χ0n) is 28.2. The minimum Gasteiger partial charge on any atom is -0.311 e. The van der Waals surface area contributed by atoms with Crippen molar-refractivity contribution in [2.75, 3.05) is 4.90 Å². The number of aromatic nitrogens is 2. The van der Waals surface area contributed by atoms with Gasteiger partial charge in [-0.15, -0.1) is 0 Å². The Morgan fingerprint density at radius 3 is 1.85 bits per heavy atom. The maximum atomic E-state index is 2.60. The lowest BCUT2D eigenvalue weighted by Gasteiger charge is -2.40. The average molecular weight is 660 g/mol. The van der Waals surface area contributed by atoms with Crippen molar-refractivity contribution in [3.8, 4) is 22.5 Å². The minimum atomic E-state index is 0.128. The van der Waals surface area contributed by atoms with Crippen LogP contribution in [0.5, 0.6) is 0 Å². The molecule has 0 saturated carbocycles. The molecule has 240 valence electrons. The number of fused-ring (bicyclic) bond motifs is 11. The van der Waals surface area contributed by atoms with Crippen LogP contribution in [-0.4, -0.2) is 15.8 Å². The summed E-state index contributed by atoms with van der Waals surface area (Å²) in [5.41, 5.74) is 17.6. The van der Waals surface area contributed by atoms with E-state index in [1.165, 1.54) is 93.9 Å². The van der Waals surface area contributed by atoms with E-state index in [0.717, 1.165) is 5.69 Å². The van der Waals surface area contributed by atoms with Gasteiger partial charge in [0, 0.05) is 55.5 Å². The SMILES string of the molecule is c1ccc(-c2ccc(-n3c4ccccc4c4c3ccc3c5cccc6c5n(c34)-c3cccc4c3B6c3ccccc3N4c3ccccc3)cc2)cc1. The van der Waals surface area contributed by atoms with Crippen LogP contribution in [0.1, 0.15) is 0 Å². The molecule has 10 aromatic rings. The molecule has 3 nitrogen and oxygen atoms in total. The van der Waals surface area contributed by atoms with Crippen LogP contribution in [0, 0.1) is 0 Å². The molecule has 2 aromatic heterocycles. The molecule has 0 amide bonds. The van der Waals surface area contributed by atoms with Crippen molar-refractivity contribution in [1.82, 2.24) is 9.13 Å². The first kappa shape index (κ1) is 28.0. The average Bonchev–Trinajstić information content (AvgIpc) is 3.74. The van der Waals surface area contributed by atoms with E-state index in [0.29, 0.717) is 0 Å². The van der Waals surface area contributed by atoms with E-state index in [1.54, 1.807) is 0 Å². The van der Waals surface area contributed by atoms with Gasteiger partial charge in [0.05, 0.1) is 16.6 Å². The third kappa shape index (κ3) is 3.60. The van der Waals surface area contributed by atoms with Crippen molar-refractivity contribution in [1.29, 1.82) is 0 Å². The number of hydrogen-bond acceptors (Lipinski definition) is 1. The summed E-state index contributed by atoms with van der Waals surface area (Å²) in [5.74, 6) is 0. The van der Waals surface area contributed by atoms with E-state index in [4.69, 9.17) is 0 Å². The molecule has 2 aliphatic heterocycles. The Balaban J connectivity index is 1.19. The maximum Gasteiger partial charge on any atom is 0.252 e. The molecule has 0 aliphatic carbocycles. The Kier molecular flexibility index (Phi) is 5.58. The van der Waals surface area contributed by atoms with Crippen LogP contribution < -0.4 is 21.3 Å². The van der Waals surface area contributed by atoms with Gasteiger partial charge in [-0.25, -0.2) is 0 Å². The van der Waals surface area contributed by atoms with Gasteiger partial charge >= 0.3 is 0 Å². The third-order valence-corrected chi connectivity index (χ3v) is 11.5. The van der Waals surface area contributed by atoms with Gasteiger partial charge in [0.25, 0.3) is 6.71 Å². The van der Waals surface area contributed by atoms with Gasteiger partial charge < -0.3 is 14.0 Å². The summed E-state index contributed by atoms with van der Waals surface area (Å²) < 4.78 is 5.05. The summed E-state index contributed by atoms with van der Waals surface area (Å²) >= 11 is 0. The highest BCUT2D eigenvalue weighted by molar-refractivity contribution is 7.00. The first-order valence-corrected chi connectivity index (χ1v) is 18.1. The smallest absolute Gasteiger partial charge is 0.252 e. The van der Waals surface area contributed by atoms with Crippen LogP contribution in [0.3, 0.4) is 0 Å². The largest absolute Gasteiger partial charge is 0.311 e. The van der Waals surface area contributed by atoms with Crippen molar-refractivity contribution in [3.05, 3.63) is 182 Å². The molecule has 0 bridgehead atoms. The van der Waals surface area contributed by atoms with Gasteiger partial charge in [-0.1, -0.05) is 127 Å². The summed E-state index contributed by atoms with van der Waals surface area (Å²) in [5, 5.41) is 5.14. The zero-order valence-corrected chi connectivity index (χ0v) is 28.2. The lowest BCUT2D eigenvalue weighted by atomic mass is 9.34. The lowest BCUT2D eigenvalue weighted by Crippen LogP contribution is -2.60. The maximum absolute atomic E-state index is 2.60. The zero-order chi connectivity index (χ0) is 33.9. The molecule has 0 N–H and O–H groups in total. The molecule has 8 aromatic carbocycles. The first-order valence-electron chi connectivity index (χ1n) is 18.1. The Morgan fingerprint density at radius 2 is 0.981 bits per heavy atom. The molecule has 2 aliphatic rings. The molecule has 0 fully saturated rings. The van der Waals surface area contributed by atoms with Crippen molar-refractivity contribution in [2.45, 2.75) is 0 Å². The van der Waals surface area contributed by atoms with Crippen LogP contribution in [0.15, 0.2) is 182 Å². The molecule has 12 rings (SSSR count). The van der Waals surface area contributed by atoms with Crippen LogP contribution in [-0.2, 0) is 0 Å². The number of rotatable bonds is 3. The molecule has 0 spiro atoms. The van der Waals surface area contributed by atoms with Gasteiger partial charge in [-0.3, -0.25) is 0 Å². The highest BCUT2D eigenvalue weighted by Crippen LogP contribution is 2.45. The summed E-state index contributed by atoms with van der Waals surface area (Å²) in [6.45, 7) is 0.128. The molecule has 0 radical (unpaired) electrons. The van der Waals surface area contributed by atoms with Crippen molar-refractivity contribution < 1.29 is 0 Å². The number of benzene rings is 8. The van der Waals surface area contributed by atoms with E-state index in [1.807, 2.05) is 0 Å². The minimum absolute atomic E-state index is 0.128. The fourth-order valence-electron chi connectivity index (χ4n) is 9.44. The third-order valence-electron chi connectivity index (χ3n) is 11.5. The molecule has 4 heteroatoms. The van der Waals surface area contributed by atoms with Gasteiger partial charge in [-0.05, 0) is 82.1 Å². The van der Waals surface area contributed by atoms with Crippen LogP contribution in [0.25, 0.3) is 66.1 Å². The van der Waals surface area contributed by atoms with E-state index < -0.39 is 0 Å². The van der Waals surface area contributed by atoms with Crippen LogP contribution in [0.4, 0.5) is 17.1 Å². The van der Waals surface area contributed by atoms with Gasteiger partial charge in [0.2, 0.25) is 0 Å². The van der Waals surface area contributed by atoms with E-state index in [-0.39, 0.29) is 6.71 Å². The fourth-order valence-corrected chi connectivity index (χ4v) is 9.44. The van der Waals surface area contributed by atoms with E-state index >= 15 is 0 Å². The molecule has 4 heterocycles. The normalized spacial score (nSPS) is 12.9. The number of para-hydroxylation sites is 4. The van der Waals surface area contributed by atoms with Crippen LogP contribution in [0.2, 0.25) is 0 Å². The highest BCUT2D eigenvalue weighted by atomic mass is 15.2. The number of hydrogen-bond donors (Lipinski definition) is 0. The second kappa shape index (κ2) is 10.4. The molecular formula is C48H30BN3. The Morgan fingerprint density at radius 1 is 0.346 bits per heavy atom. The second-order valence-corrected chi connectivity index (χ2v) is 14.1. The predicted octanol–water partition coefficient (Wildman–Crippen LogP) is 10.2. The van der Waals surface area contributed by atoms with Crippen molar-refractivity contribution >= 4 is 83.8 Å². The van der Waals surface area contributed by atoms with E-state index in [2.05, 4.69) is 196 Å². The molecular weight excluding hydrogens is 629 g/mol. The lowest BCUT2D eigenvalue weighted by molar-refractivity contribution is 1.17. The van der Waals surface area contributed by atoms with E-state index in [9.17, 15) is 0 Å². The highest BCUT2D eigenvalue weighted by Gasteiger charge is 2.41. The summed E-state index contributed by atoms with van der Waals surface area (Å²) in [4.78, 5) is 2.46. The predicted molar refractivity (Wildman–Crippen MR) is 220 cm³/mol. The van der Waals surface area contributed by atoms with Gasteiger partial charge in [0.1, 0.15) is 0 Å². The second-order valence-electron chi connectivity index (χ2n) is 14.1. The quantitative estimate of drug-likeness (QED) is 0.172. The summed E-state index contributed by atoms with van der Waals surface area (Å²) in [7, 11) is 0. The molecule has 52 heavy (non-hydrogen) atoms. The van der Waals surface area contributed by atoms with Crippen molar-refractivity contribution in [3.63, 3.8) is 0 Å². The Bertz CT molecular complexity index is 3070. The summed E-state index contributed by atoms with van der Waals surface area (Å²) in [6, 6.07) is 67.0. The van der Waals surface area contributed by atoms with Crippen molar-refractivity contribution in [2.24, 2.45) is 0 Å². The van der Waals surface area contributed by atoms with Crippen LogP contribution >= 0.6 is 0 Å². The fraction of sp³-hybridized carbons (Fsp3) is 0. The summed E-state index contributed by atoms with van der Waals surface area (Å²) in [6.07, 6.45) is 0. The number of anilines is 3. The Labute approximate surface area is 301 Å². The number of nitrogens with zero attached hydrogens (tertiary/aromatic N) is 3. The van der Waals surface area contributed by atoms with Gasteiger partial charge in [0.15, 0.2) is 0 Å². The molecule has 0 unspecified atom stereocenters. The standard InChI is InChI=1S/C48H30BN3/c1-3-13-31(14-4-1)32-25-27-34(28-26-32)50-40-21-9-7-17-37(40)45-42(50)30-29-36-35-18-11-20-39-47(35)52(48(36)45)44-24-12-23-43-46(44)49(39)38-19-8-10-22-41(38)51(43)33-15-5-2-6-16-33/h1-30H. The Hall–Kier alpha value is -6.78. The first-order chi connectivity index (χ1) is 25.8. The molecule has 0 saturated heterocycles. The topological polar surface area (TPSA) is 13.1 Å². The molecule has 0 atom stereocenters.